The normalized spacial score (nSPS) is 10.3. The fourth-order valence-electron chi connectivity index (χ4n) is 2.44. The average Bonchev–Trinajstić information content (AvgIpc) is 2.56. The molecule has 128 valence electrons. The first-order valence-corrected chi connectivity index (χ1v) is 8.61. The monoisotopic (exact) mass is 345 g/mol. The first-order chi connectivity index (χ1) is 11.6. The van der Waals surface area contributed by atoms with Gasteiger partial charge in [-0.1, -0.05) is 23.8 Å². The van der Waals surface area contributed by atoms with Gasteiger partial charge in [-0.05, 0) is 62.8 Å². The molecule has 0 saturated carbocycles. The lowest BCUT2D eigenvalue weighted by atomic mass is 10.2. The van der Waals surface area contributed by atoms with Crippen LogP contribution >= 0.6 is 12.2 Å². The molecule has 24 heavy (non-hydrogen) atoms. The minimum atomic E-state index is -0.278. The van der Waals surface area contributed by atoms with Crippen LogP contribution in [-0.2, 0) is 0 Å². The van der Waals surface area contributed by atoms with Gasteiger partial charge in [0.2, 0.25) is 0 Å². The van der Waals surface area contributed by atoms with E-state index in [-0.39, 0.29) is 5.82 Å². The zero-order chi connectivity index (χ0) is 17.4. The molecule has 0 aliphatic carbocycles. The van der Waals surface area contributed by atoms with Gasteiger partial charge in [-0.15, -0.1) is 0 Å². The van der Waals surface area contributed by atoms with Crippen LogP contribution in [0.4, 0.5) is 15.8 Å². The van der Waals surface area contributed by atoms with Crippen molar-refractivity contribution < 1.29 is 4.39 Å². The maximum atomic E-state index is 13.1. The molecule has 0 radical (unpaired) electrons. The van der Waals surface area contributed by atoms with Crippen LogP contribution < -0.4 is 15.5 Å². The van der Waals surface area contributed by atoms with Gasteiger partial charge in [-0.3, -0.25) is 0 Å². The largest absolute Gasteiger partial charge is 0.372 e. The molecule has 0 spiro atoms. The third-order valence-corrected chi connectivity index (χ3v) is 4.00. The van der Waals surface area contributed by atoms with Gasteiger partial charge in [0.25, 0.3) is 0 Å². The molecule has 0 heterocycles. The summed E-state index contributed by atoms with van der Waals surface area (Å²) in [5, 5.41) is 6.66. The number of benzene rings is 2. The number of anilines is 2. The number of hydrogen-bond donors (Lipinski definition) is 2. The highest BCUT2D eigenvalue weighted by atomic mass is 32.1. The number of halogens is 1. The lowest BCUT2D eigenvalue weighted by Crippen LogP contribution is -2.32. The van der Waals surface area contributed by atoms with Crippen molar-refractivity contribution >= 4 is 28.7 Å². The lowest BCUT2D eigenvalue weighted by Gasteiger charge is -2.23. The molecule has 0 saturated heterocycles. The molecule has 0 amide bonds. The highest BCUT2D eigenvalue weighted by molar-refractivity contribution is 7.80. The molecular weight excluding hydrogens is 321 g/mol. The van der Waals surface area contributed by atoms with Gasteiger partial charge >= 0.3 is 0 Å². The van der Waals surface area contributed by atoms with E-state index in [1.54, 1.807) is 12.1 Å². The van der Waals surface area contributed by atoms with Crippen molar-refractivity contribution in [1.82, 2.24) is 5.32 Å². The van der Waals surface area contributed by atoms with Gasteiger partial charge in [-0.25, -0.2) is 4.39 Å². The van der Waals surface area contributed by atoms with E-state index in [4.69, 9.17) is 12.2 Å². The summed E-state index contributed by atoms with van der Waals surface area (Å²) >= 11 is 5.24. The summed E-state index contributed by atoms with van der Waals surface area (Å²) in [6.45, 7) is 6.94. The van der Waals surface area contributed by atoms with E-state index in [2.05, 4.69) is 53.6 Å². The van der Waals surface area contributed by atoms with E-state index in [0.29, 0.717) is 10.8 Å². The van der Waals surface area contributed by atoms with Crippen molar-refractivity contribution in [2.45, 2.75) is 20.3 Å². The fourth-order valence-corrected chi connectivity index (χ4v) is 2.66. The third kappa shape index (κ3) is 5.81. The van der Waals surface area contributed by atoms with E-state index < -0.39 is 0 Å². The van der Waals surface area contributed by atoms with Crippen molar-refractivity contribution in [3.63, 3.8) is 0 Å². The maximum absolute atomic E-state index is 13.1. The summed E-state index contributed by atoms with van der Waals surface area (Å²) in [4.78, 5) is 2.34. The number of thiocarbonyl (C=S) groups is 1. The van der Waals surface area contributed by atoms with E-state index >= 15 is 0 Å². The molecule has 0 unspecified atom stereocenters. The summed E-state index contributed by atoms with van der Waals surface area (Å²) in [6, 6.07) is 14.8. The molecule has 0 fully saturated rings. The molecule has 2 N–H and O–H groups in total. The van der Waals surface area contributed by atoms with Gasteiger partial charge < -0.3 is 15.5 Å². The van der Waals surface area contributed by atoms with Crippen molar-refractivity contribution in [3.8, 4) is 0 Å². The second kappa shape index (κ2) is 9.23. The highest BCUT2D eigenvalue weighted by Gasteiger charge is 2.04. The van der Waals surface area contributed by atoms with Crippen LogP contribution in [0.2, 0.25) is 0 Å². The molecular formula is C19H24FN3S. The van der Waals surface area contributed by atoms with Gasteiger partial charge in [0.05, 0.1) is 0 Å². The quantitative estimate of drug-likeness (QED) is 0.577. The van der Waals surface area contributed by atoms with Crippen molar-refractivity contribution in [3.05, 3.63) is 59.9 Å². The number of nitrogens with zero attached hydrogens (tertiary/aromatic N) is 1. The Balaban J connectivity index is 1.73. The van der Waals surface area contributed by atoms with Crippen molar-refractivity contribution in [2.75, 3.05) is 29.9 Å². The predicted octanol–water partition coefficient (Wildman–Crippen LogP) is 4.34. The zero-order valence-corrected chi connectivity index (χ0v) is 15.0. The topological polar surface area (TPSA) is 27.3 Å². The minimum Gasteiger partial charge on any atom is -0.372 e. The van der Waals surface area contributed by atoms with Crippen LogP contribution in [0, 0.1) is 12.7 Å². The Bertz CT molecular complexity index is 658. The summed E-state index contributed by atoms with van der Waals surface area (Å²) in [5.74, 6) is -0.278. The summed E-state index contributed by atoms with van der Waals surface area (Å²) < 4.78 is 13.1. The van der Waals surface area contributed by atoms with Gasteiger partial charge in [-0.2, -0.15) is 0 Å². The number of rotatable bonds is 7. The van der Waals surface area contributed by atoms with Crippen LogP contribution in [-0.4, -0.2) is 24.7 Å². The Hall–Kier alpha value is -2.14. The van der Waals surface area contributed by atoms with E-state index in [1.807, 2.05) is 0 Å². The zero-order valence-electron chi connectivity index (χ0n) is 14.2. The smallest absolute Gasteiger partial charge is 0.170 e. The molecule has 2 aromatic carbocycles. The Morgan fingerprint density at radius 1 is 1.17 bits per heavy atom. The molecule has 0 aliphatic rings. The first-order valence-electron chi connectivity index (χ1n) is 8.20. The molecule has 2 rings (SSSR count). The SMILES string of the molecule is CCN(CCCNC(=S)Nc1cccc(F)c1)c1ccc(C)cc1. The first kappa shape index (κ1) is 18.2. The molecule has 5 heteroatoms. The van der Waals surface area contributed by atoms with Crippen molar-refractivity contribution in [1.29, 1.82) is 0 Å². The van der Waals surface area contributed by atoms with Crippen LogP contribution in [0.15, 0.2) is 48.5 Å². The molecule has 0 aliphatic heterocycles. The van der Waals surface area contributed by atoms with Gasteiger partial charge in [0.15, 0.2) is 5.11 Å². The number of nitrogens with one attached hydrogen (secondary N) is 2. The average molecular weight is 345 g/mol. The number of aryl methyl sites for hydroxylation is 1. The van der Waals surface area contributed by atoms with E-state index in [9.17, 15) is 4.39 Å². The number of hydrogen-bond acceptors (Lipinski definition) is 2. The maximum Gasteiger partial charge on any atom is 0.170 e. The van der Waals surface area contributed by atoms with Crippen LogP contribution in [0.1, 0.15) is 18.9 Å². The molecule has 3 nitrogen and oxygen atoms in total. The Morgan fingerprint density at radius 2 is 1.92 bits per heavy atom. The minimum absolute atomic E-state index is 0.278. The second-order valence-corrected chi connectivity index (χ2v) is 6.07. The second-order valence-electron chi connectivity index (χ2n) is 5.66. The summed E-state index contributed by atoms with van der Waals surface area (Å²) in [6.07, 6.45) is 0.965. The van der Waals surface area contributed by atoms with Crippen LogP contribution in [0.25, 0.3) is 0 Å². The molecule has 2 aromatic rings. The Labute approximate surface area is 148 Å². The molecule has 0 atom stereocenters. The summed E-state index contributed by atoms with van der Waals surface area (Å²) in [7, 11) is 0. The highest BCUT2D eigenvalue weighted by Crippen LogP contribution is 2.15. The lowest BCUT2D eigenvalue weighted by molar-refractivity contribution is 0.628. The van der Waals surface area contributed by atoms with Crippen molar-refractivity contribution in [2.24, 2.45) is 0 Å². The van der Waals surface area contributed by atoms with Crippen LogP contribution in [0.3, 0.4) is 0 Å². The standard InChI is InChI=1S/C19H24FN3S/c1-3-23(18-10-8-15(2)9-11-18)13-5-12-21-19(24)22-17-7-4-6-16(20)14-17/h4,6-11,14H,3,5,12-13H2,1-2H3,(H2,21,22,24). The van der Waals surface area contributed by atoms with Gasteiger partial charge in [0, 0.05) is 31.0 Å². The molecule has 0 aromatic heterocycles. The van der Waals surface area contributed by atoms with Crippen LogP contribution in [0.5, 0.6) is 0 Å². The Kier molecular flexibility index (Phi) is 7.00. The predicted molar refractivity (Wildman–Crippen MR) is 104 cm³/mol. The molecule has 0 bridgehead atoms. The van der Waals surface area contributed by atoms with Gasteiger partial charge in [0.1, 0.15) is 5.82 Å². The Morgan fingerprint density at radius 3 is 2.58 bits per heavy atom. The summed E-state index contributed by atoms with van der Waals surface area (Å²) in [5.41, 5.74) is 3.16. The van der Waals surface area contributed by atoms with E-state index in [1.165, 1.54) is 23.4 Å². The third-order valence-electron chi connectivity index (χ3n) is 3.75. The fraction of sp³-hybridized carbons (Fsp3) is 0.316. The van der Waals surface area contributed by atoms with E-state index in [0.717, 1.165) is 26.1 Å².